The lowest BCUT2D eigenvalue weighted by Gasteiger charge is -2.16. The smallest absolute Gasteiger partial charge is 0.253 e. The van der Waals surface area contributed by atoms with Gasteiger partial charge in [0.15, 0.2) is 0 Å². The van der Waals surface area contributed by atoms with Crippen molar-refractivity contribution in [2.75, 3.05) is 26.7 Å². The number of aryl methyl sites for hydroxylation is 1. The zero-order valence-electron chi connectivity index (χ0n) is 21.3. The zero-order valence-corrected chi connectivity index (χ0v) is 22.1. The molecule has 1 amide bonds. The molecular formula is C28H46ClN3O. The van der Waals surface area contributed by atoms with E-state index >= 15 is 0 Å². The molecule has 1 aromatic carbocycles. The molecule has 0 spiro atoms. The van der Waals surface area contributed by atoms with Crippen molar-refractivity contribution in [3.05, 3.63) is 35.0 Å². The van der Waals surface area contributed by atoms with Gasteiger partial charge >= 0.3 is 0 Å². The van der Waals surface area contributed by atoms with Crippen LogP contribution in [-0.4, -0.2) is 42.1 Å². The maximum atomic E-state index is 12.6. The van der Waals surface area contributed by atoms with Crippen LogP contribution in [0.25, 0.3) is 10.9 Å². The Morgan fingerprint density at radius 1 is 0.909 bits per heavy atom. The summed E-state index contributed by atoms with van der Waals surface area (Å²) in [5.41, 5.74) is 1.62. The Hall–Kier alpha value is -1.52. The Morgan fingerprint density at radius 3 is 2.12 bits per heavy atom. The first-order valence-corrected chi connectivity index (χ1v) is 13.6. The third-order valence-electron chi connectivity index (χ3n) is 6.59. The summed E-state index contributed by atoms with van der Waals surface area (Å²) in [5.74, 6) is -0.00753. The number of para-hydroxylation sites is 1. The minimum Gasteiger partial charge on any atom is -0.352 e. The molecule has 0 saturated heterocycles. The van der Waals surface area contributed by atoms with E-state index < -0.39 is 0 Å². The van der Waals surface area contributed by atoms with Gasteiger partial charge in [0.25, 0.3) is 5.91 Å². The standard InChI is InChI=1S/C28H46ClN3O/c1-4-5-6-7-9-12-15-21-31(2)22-16-13-10-8-11-14-20-30-28(33)25-23-32(3)27-24(25)18-17-19-26(27)29/h17-19,23H,4-16,20-22H2,1-3H3,(H,30,33). The van der Waals surface area contributed by atoms with Crippen molar-refractivity contribution in [1.29, 1.82) is 0 Å². The normalized spacial score (nSPS) is 11.5. The van der Waals surface area contributed by atoms with E-state index in [9.17, 15) is 4.79 Å². The van der Waals surface area contributed by atoms with Crippen molar-refractivity contribution in [3.8, 4) is 0 Å². The van der Waals surface area contributed by atoms with E-state index in [1.165, 1.54) is 90.1 Å². The third kappa shape index (κ3) is 10.1. The second kappa shape index (κ2) is 16.2. The first-order valence-electron chi connectivity index (χ1n) is 13.2. The van der Waals surface area contributed by atoms with Gasteiger partial charge in [0.1, 0.15) is 0 Å². The Morgan fingerprint density at radius 2 is 1.48 bits per heavy atom. The Balaban J connectivity index is 1.46. The van der Waals surface area contributed by atoms with Gasteiger partial charge in [-0.3, -0.25) is 4.79 Å². The molecule has 0 fully saturated rings. The summed E-state index contributed by atoms with van der Waals surface area (Å²) in [6.07, 6.45) is 18.9. The van der Waals surface area contributed by atoms with Gasteiger partial charge in [0.05, 0.1) is 16.1 Å². The topological polar surface area (TPSA) is 37.3 Å². The molecule has 0 saturated carbocycles. The number of rotatable bonds is 18. The molecule has 1 aromatic heterocycles. The fourth-order valence-electron chi connectivity index (χ4n) is 4.56. The van der Waals surface area contributed by atoms with Crippen molar-refractivity contribution < 1.29 is 4.79 Å². The molecule has 0 aliphatic carbocycles. The van der Waals surface area contributed by atoms with Crippen LogP contribution in [0.1, 0.15) is 101 Å². The number of benzene rings is 1. The number of hydrogen-bond acceptors (Lipinski definition) is 2. The monoisotopic (exact) mass is 475 g/mol. The number of amides is 1. The molecule has 0 bridgehead atoms. The van der Waals surface area contributed by atoms with E-state index in [0.29, 0.717) is 10.6 Å². The SMILES string of the molecule is CCCCCCCCCN(C)CCCCCCCCNC(=O)c1cn(C)c2c(Cl)cccc12. The third-order valence-corrected chi connectivity index (χ3v) is 6.90. The fourth-order valence-corrected chi connectivity index (χ4v) is 4.87. The van der Waals surface area contributed by atoms with Crippen LogP contribution >= 0.6 is 11.6 Å². The second-order valence-electron chi connectivity index (χ2n) is 9.59. The average molecular weight is 476 g/mol. The highest BCUT2D eigenvalue weighted by Crippen LogP contribution is 2.27. The van der Waals surface area contributed by atoms with Gasteiger partial charge in [-0.15, -0.1) is 0 Å². The first kappa shape index (κ1) is 27.7. The molecule has 0 aliphatic rings. The summed E-state index contributed by atoms with van der Waals surface area (Å²) in [4.78, 5) is 15.1. The summed E-state index contributed by atoms with van der Waals surface area (Å²) >= 11 is 6.29. The number of halogens is 1. The molecule has 1 heterocycles. The van der Waals surface area contributed by atoms with Crippen molar-refractivity contribution >= 4 is 28.4 Å². The maximum absolute atomic E-state index is 12.6. The van der Waals surface area contributed by atoms with Gasteiger partial charge in [0, 0.05) is 25.2 Å². The van der Waals surface area contributed by atoms with E-state index in [-0.39, 0.29) is 5.91 Å². The molecule has 2 aromatic rings. The lowest BCUT2D eigenvalue weighted by Crippen LogP contribution is -2.24. The number of carbonyl (C=O) groups excluding carboxylic acids is 1. The number of nitrogens with zero attached hydrogens (tertiary/aromatic N) is 2. The second-order valence-corrected chi connectivity index (χ2v) is 10.00. The summed E-state index contributed by atoms with van der Waals surface area (Å²) < 4.78 is 1.93. The maximum Gasteiger partial charge on any atom is 0.253 e. The summed E-state index contributed by atoms with van der Waals surface area (Å²) in [7, 11) is 4.20. The lowest BCUT2D eigenvalue weighted by molar-refractivity contribution is 0.0954. The van der Waals surface area contributed by atoms with E-state index in [4.69, 9.17) is 11.6 Å². The van der Waals surface area contributed by atoms with Crippen LogP contribution < -0.4 is 5.32 Å². The van der Waals surface area contributed by atoms with E-state index in [0.717, 1.165) is 23.9 Å². The predicted octanol–water partition coefficient (Wildman–Crippen LogP) is 7.58. The van der Waals surface area contributed by atoms with Crippen LogP contribution in [0.2, 0.25) is 5.02 Å². The van der Waals surface area contributed by atoms with Crippen LogP contribution in [0.3, 0.4) is 0 Å². The Labute approximate surface area is 207 Å². The highest BCUT2D eigenvalue weighted by Gasteiger charge is 2.15. The van der Waals surface area contributed by atoms with Crippen LogP contribution in [-0.2, 0) is 7.05 Å². The first-order chi connectivity index (χ1) is 16.0. The average Bonchev–Trinajstić information content (AvgIpc) is 3.15. The molecule has 2 rings (SSSR count). The number of fused-ring (bicyclic) bond motifs is 1. The van der Waals surface area contributed by atoms with Gasteiger partial charge in [-0.05, 0) is 45.5 Å². The number of carbonyl (C=O) groups is 1. The highest BCUT2D eigenvalue weighted by molar-refractivity contribution is 6.35. The summed E-state index contributed by atoms with van der Waals surface area (Å²) in [5, 5.41) is 4.67. The minimum atomic E-state index is -0.00753. The number of nitrogens with one attached hydrogen (secondary N) is 1. The molecule has 33 heavy (non-hydrogen) atoms. The van der Waals surface area contributed by atoms with Crippen molar-refractivity contribution in [2.24, 2.45) is 7.05 Å². The molecule has 5 heteroatoms. The Bertz CT molecular complexity index is 817. The van der Waals surface area contributed by atoms with Crippen LogP contribution in [0.4, 0.5) is 0 Å². The van der Waals surface area contributed by atoms with Crippen LogP contribution in [0, 0.1) is 0 Å². The van der Waals surface area contributed by atoms with Crippen molar-refractivity contribution in [1.82, 2.24) is 14.8 Å². The quantitative estimate of drug-likeness (QED) is 0.225. The van der Waals surface area contributed by atoms with E-state index in [2.05, 4.69) is 24.2 Å². The van der Waals surface area contributed by atoms with Gasteiger partial charge in [-0.25, -0.2) is 0 Å². The molecule has 4 nitrogen and oxygen atoms in total. The molecule has 1 N–H and O–H groups in total. The summed E-state index contributed by atoms with van der Waals surface area (Å²) in [6, 6.07) is 5.72. The Kier molecular flexibility index (Phi) is 13.6. The largest absolute Gasteiger partial charge is 0.352 e. The van der Waals surface area contributed by atoms with Crippen molar-refractivity contribution in [3.63, 3.8) is 0 Å². The lowest BCUT2D eigenvalue weighted by atomic mass is 10.1. The van der Waals surface area contributed by atoms with Crippen LogP contribution in [0.5, 0.6) is 0 Å². The molecule has 186 valence electrons. The van der Waals surface area contributed by atoms with Crippen molar-refractivity contribution in [2.45, 2.75) is 90.4 Å². The van der Waals surface area contributed by atoms with Gasteiger partial charge in [0.2, 0.25) is 0 Å². The minimum absolute atomic E-state index is 0.00753. The van der Waals surface area contributed by atoms with Gasteiger partial charge in [-0.1, -0.05) is 94.9 Å². The van der Waals surface area contributed by atoms with E-state index in [1.807, 2.05) is 36.0 Å². The molecule has 0 aliphatic heterocycles. The molecule has 0 atom stereocenters. The number of hydrogen-bond donors (Lipinski definition) is 1. The predicted molar refractivity (Wildman–Crippen MR) is 143 cm³/mol. The van der Waals surface area contributed by atoms with Gasteiger partial charge < -0.3 is 14.8 Å². The number of aromatic nitrogens is 1. The zero-order chi connectivity index (χ0) is 23.9. The van der Waals surface area contributed by atoms with Gasteiger partial charge in [-0.2, -0.15) is 0 Å². The van der Waals surface area contributed by atoms with E-state index in [1.54, 1.807) is 0 Å². The highest BCUT2D eigenvalue weighted by atomic mass is 35.5. The summed E-state index contributed by atoms with van der Waals surface area (Å²) in [6.45, 7) is 5.48. The van der Waals surface area contributed by atoms with Crippen LogP contribution in [0.15, 0.2) is 24.4 Å². The molecule has 0 radical (unpaired) electrons. The number of unbranched alkanes of at least 4 members (excludes halogenated alkanes) is 11. The fraction of sp³-hybridized carbons (Fsp3) is 0.679. The molecule has 0 unspecified atom stereocenters. The molecular weight excluding hydrogens is 430 g/mol.